The van der Waals surface area contributed by atoms with Gasteiger partial charge < -0.3 is 25.2 Å². The van der Waals surface area contributed by atoms with Gasteiger partial charge in [0.1, 0.15) is 6.61 Å². The minimum absolute atomic E-state index is 0.0364. The maximum absolute atomic E-state index is 12.5. The Morgan fingerprint density at radius 2 is 1.14 bits per heavy atom. The number of hydrogen-bond acceptors (Lipinski definition) is 9. The third-order valence-corrected chi connectivity index (χ3v) is 8.41. The Kier molecular flexibility index (Phi) is 34.8. The Hall–Kier alpha value is -2.33. The normalized spacial score (nSPS) is 14.1. The molecule has 1 unspecified atom stereocenters. The van der Waals surface area contributed by atoms with E-state index in [1.807, 2.05) is 12.2 Å². The summed E-state index contributed by atoms with van der Waals surface area (Å²) in [5.74, 6) is -0.928. The van der Waals surface area contributed by atoms with E-state index in [1.165, 1.54) is 12.8 Å². The van der Waals surface area contributed by atoms with E-state index in [-0.39, 0.29) is 39.2 Å². The minimum atomic E-state index is -4.39. The molecule has 11 heteroatoms. The van der Waals surface area contributed by atoms with Crippen LogP contribution in [0.2, 0.25) is 0 Å². The fraction of sp³-hybridized carbons (Fsp3) is 0.692. The molecule has 0 saturated heterocycles. The van der Waals surface area contributed by atoms with Crippen LogP contribution in [0.3, 0.4) is 0 Å². The summed E-state index contributed by atoms with van der Waals surface area (Å²) in [6.45, 7) is 1.59. The monoisotopic (exact) mass is 725 g/mol. The van der Waals surface area contributed by atoms with Crippen molar-refractivity contribution in [3.05, 3.63) is 60.8 Å². The molecule has 0 aliphatic heterocycles. The van der Waals surface area contributed by atoms with Crippen LogP contribution in [0.1, 0.15) is 135 Å². The molecule has 0 aliphatic carbocycles. The van der Waals surface area contributed by atoms with E-state index >= 15 is 0 Å². The summed E-state index contributed by atoms with van der Waals surface area (Å²) in [7, 11) is -4.39. The molecule has 0 heterocycles. The van der Waals surface area contributed by atoms with Crippen LogP contribution in [0.15, 0.2) is 60.8 Å². The molecular formula is C39H68NO9P. The molecular weight excluding hydrogens is 657 g/mol. The zero-order valence-electron chi connectivity index (χ0n) is 30.8. The highest BCUT2D eigenvalue weighted by atomic mass is 31.2. The first-order valence-corrected chi connectivity index (χ1v) is 20.4. The SMILES string of the molecule is CCCC/C=C\CCCCCCCC(=O)OC[C@H](COP(=O)(O)OCCN)OC(=O)CCC/C=C\C/C=C\C/C=C\C/C=C\CCCCCO. The lowest BCUT2D eigenvalue weighted by Crippen LogP contribution is -2.29. The predicted molar refractivity (Wildman–Crippen MR) is 202 cm³/mol. The number of phosphoric acid groups is 1. The summed E-state index contributed by atoms with van der Waals surface area (Å²) < 4.78 is 32.5. The van der Waals surface area contributed by atoms with E-state index < -0.39 is 32.5 Å². The number of esters is 2. The van der Waals surface area contributed by atoms with Crippen molar-refractivity contribution in [2.75, 3.05) is 33.0 Å². The molecule has 10 nitrogen and oxygen atoms in total. The zero-order valence-corrected chi connectivity index (χ0v) is 31.7. The Morgan fingerprint density at radius 1 is 0.640 bits per heavy atom. The first kappa shape index (κ1) is 47.7. The third kappa shape index (κ3) is 35.5. The largest absolute Gasteiger partial charge is 0.472 e. The maximum Gasteiger partial charge on any atom is 0.472 e. The van der Waals surface area contributed by atoms with Crippen LogP contribution in [-0.2, 0) is 32.7 Å². The summed E-state index contributed by atoms with van der Waals surface area (Å²) in [6, 6.07) is 0. The molecule has 0 bridgehead atoms. The van der Waals surface area contributed by atoms with E-state index in [4.69, 9.17) is 29.4 Å². The number of hydrogen-bond donors (Lipinski definition) is 3. The summed E-state index contributed by atoms with van der Waals surface area (Å²) >= 11 is 0. The summed E-state index contributed by atoms with van der Waals surface area (Å²) in [5.41, 5.74) is 5.32. The molecule has 50 heavy (non-hydrogen) atoms. The number of allylic oxidation sites excluding steroid dienone is 10. The smallest absolute Gasteiger partial charge is 0.462 e. The number of ether oxygens (including phenoxy) is 2. The van der Waals surface area contributed by atoms with Gasteiger partial charge in [-0.1, -0.05) is 106 Å². The molecule has 288 valence electrons. The molecule has 0 amide bonds. The molecule has 4 N–H and O–H groups in total. The lowest BCUT2D eigenvalue weighted by molar-refractivity contribution is -0.161. The Balaban J connectivity index is 4.35. The molecule has 0 spiro atoms. The molecule has 0 radical (unpaired) electrons. The van der Waals surface area contributed by atoms with Gasteiger partial charge in [0.05, 0.1) is 13.2 Å². The Bertz CT molecular complexity index is 1010. The van der Waals surface area contributed by atoms with Gasteiger partial charge >= 0.3 is 19.8 Å². The van der Waals surface area contributed by atoms with Gasteiger partial charge in [-0.15, -0.1) is 0 Å². The van der Waals surface area contributed by atoms with Gasteiger partial charge in [-0.2, -0.15) is 0 Å². The number of aliphatic hydroxyl groups is 1. The second-order valence-corrected chi connectivity index (χ2v) is 13.6. The first-order chi connectivity index (χ1) is 24.3. The lowest BCUT2D eigenvalue weighted by atomic mass is 10.1. The van der Waals surface area contributed by atoms with Crippen molar-refractivity contribution in [2.24, 2.45) is 5.73 Å². The highest BCUT2D eigenvalue weighted by molar-refractivity contribution is 7.47. The standard InChI is InChI=1S/C39H68NO9P/c1-2-3-4-5-6-7-15-18-21-24-27-30-38(42)46-35-37(36-48-50(44,45)47-34-32-40)49-39(43)31-28-25-22-19-16-13-11-9-8-10-12-14-17-20-23-26-29-33-41/h5-6,8,10-11,13-14,17,19,22,37,41H,2-4,7,9,12,15-16,18,20-21,23-36,40H2,1H3,(H,44,45)/b6-5-,10-8-,13-11-,17-14-,22-19-/t37-/m1/s1. The number of aliphatic hydroxyl groups excluding tert-OH is 1. The van der Waals surface area contributed by atoms with Gasteiger partial charge in [-0.3, -0.25) is 18.6 Å². The third-order valence-electron chi connectivity index (χ3n) is 7.43. The number of carbonyl (C=O) groups is 2. The Morgan fingerprint density at radius 3 is 1.74 bits per heavy atom. The van der Waals surface area contributed by atoms with Crippen molar-refractivity contribution >= 4 is 19.8 Å². The number of carbonyl (C=O) groups excluding carboxylic acids is 2. The number of nitrogens with two attached hydrogens (primary N) is 1. The van der Waals surface area contributed by atoms with Crippen molar-refractivity contribution in [2.45, 2.75) is 141 Å². The molecule has 0 aliphatic rings. The molecule has 2 atom stereocenters. The molecule has 0 aromatic heterocycles. The highest BCUT2D eigenvalue weighted by Crippen LogP contribution is 2.43. The van der Waals surface area contributed by atoms with E-state index in [0.717, 1.165) is 83.5 Å². The van der Waals surface area contributed by atoms with Crippen molar-refractivity contribution in [1.29, 1.82) is 0 Å². The van der Waals surface area contributed by atoms with Crippen LogP contribution in [0.25, 0.3) is 0 Å². The van der Waals surface area contributed by atoms with Crippen LogP contribution in [0, 0.1) is 0 Å². The molecule has 0 fully saturated rings. The Labute approximate surface area is 302 Å². The minimum Gasteiger partial charge on any atom is -0.462 e. The first-order valence-electron chi connectivity index (χ1n) is 18.9. The zero-order chi connectivity index (χ0) is 36.8. The lowest BCUT2D eigenvalue weighted by Gasteiger charge is -2.19. The molecule has 0 aromatic carbocycles. The average Bonchev–Trinajstić information content (AvgIpc) is 3.10. The van der Waals surface area contributed by atoms with Crippen molar-refractivity contribution in [3.63, 3.8) is 0 Å². The van der Waals surface area contributed by atoms with E-state index in [2.05, 4.69) is 55.5 Å². The molecule has 0 rings (SSSR count). The fourth-order valence-electron chi connectivity index (χ4n) is 4.58. The van der Waals surface area contributed by atoms with Crippen molar-refractivity contribution in [1.82, 2.24) is 0 Å². The number of unbranched alkanes of at least 4 members (excludes halogenated alkanes) is 11. The fourth-order valence-corrected chi connectivity index (χ4v) is 5.35. The van der Waals surface area contributed by atoms with Crippen LogP contribution in [-0.4, -0.2) is 61.0 Å². The van der Waals surface area contributed by atoms with Crippen LogP contribution < -0.4 is 5.73 Å². The maximum atomic E-state index is 12.5. The second-order valence-electron chi connectivity index (χ2n) is 12.2. The van der Waals surface area contributed by atoms with Crippen LogP contribution in [0.4, 0.5) is 0 Å². The molecule has 0 saturated carbocycles. The summed E-state index contributed by atoms with van der Waals surface area (Å²) in [4.78, 5) is 34.6. The van der Waals surface area contributed by atoms with E-state index in [0.29, 0.717) is 19.3 Å². The highest BCUT2D eigenvalue weighted by Gasteiger charge is 2.25. The average molecular weight is 726 g/mol. The van der Waals surface area contributed by atoms with Crippen LogP contribution >= 0.6 is 7.82 Å². The van der Waals surface area contributed by atoms with Crippen molar-refractivity contribution < 1.29 is 42.7 Å². The topological polar surface area (TPSA) is 155 Å². The van der Waals surface area contributed by atoms with Gasteiger partial charge in [0.2, 0.25) is 0 Å². The van der Waals surface area contributed by atoms with Gasteiger partial charge in [0, 0.05) is 26.0 Å². The molecule has 0 aromatic rings. The van der Waals surface area contributed by atoms with E-state index in [9.17, 15) is 19.0 Å². The van der Waals surface area contributed by atoms with E-state index in [1.54, 1.807) is 0 Å². The van der Waals surface area contributed by atoms with Gasteiger partial charge in [0.25, 0.3) is 0 Å². The quantitative estimate of drug-likeness (QED) is 0.0249. The number of phosphoric ester groups is 1. The second kappa shape index (κ2) is 36.5. The van der Waals surface area contributed by atoms with Gasteiger partial charge in [0.15, 0.2) is 6.10 Å². The van der Waals surface area contributed by atoms with Gasteiger partial charge in [-0.25, -0.2) is 4.57 Å². The van der Waals surface area contributed by atoms with Crippen molar-refractivity contribution in [3.8, 4) is 0 Å². The predicted octanol–water partition coefficient (Wildman–Crippen LogP) is 9.13. The van der Waals surface area contributed by atoms with Gasteiger partial charge in [-0.05, 0) is 77.0 Å². The van der Waals surface area contributed by atoms with Crippen LogP contribution in [0.5, 0.6) is 0 Å². The summed E-state index contributed by atoms with van der Waals surface area (Å²) in [5, 5.41) is 8.77. The summed E-state index contributed by atoms with van der Waals surface area (Å²) in [6.07, 6.45) is 38.5. The number of rotatable bonds is 35.